The van der Waals surface area contributed by atoms with Crippen LogP contribution < -0.4 is 5.73 Å². The Morgan fingerprint density at radius 1 is 1.50 bits per heavy atom. The van der Waals surface area contributed by atoms with E-state index in [1.165, 1.54) is 12.1 Å². The van der Waals surface area contributed by atoms with E-state index in [-0.39, 0.29) is 17.1 Å². The topological polar surface area (TPSA) is 46.2 Å². The Hall–Kier alpha value is -0.640. The second-order valence-corrected chi connectivity index (χ2v) is 2.77. The van der Waals surface area contributed by atoms with Crippen LogP contribution in [0.4, 0.5) is 4.39 Å². The minimum absolute atomic E-state index is 0.107. The van der Waals surface area contributed by atoms with E-state index in [0.29, 0.717) is 5.56 Å². The summed E-state index contributed by atoms with van der Waals surface area (Å²) in [5.41, 5.74) is 5.73. The van der Waals surface area contributed by atoms with Crippen LogP contribution in [0.25, 0.3) is 0 Å². The Balaban J connectivity index is 3.24. The van der Waals surface area contributed by atoms with Gasteiger partial charge in [0.1, 0.15) is 5.82 Å². The summed E-state index contributed by atoms with van der Waals surface area (Å²) in [5, 5.41) is 8.98. The predicted octanol–water partition coefficient (Wildman–Crippen LogP) is 1.43. The molecule has 1 aromatic carbocycles. The Morgan fingerprint density at radius 3 is 2.67 bits per heavy atom. The third-order valence-electron chi connectivity index (χ3n) is 1.64. The van der Waals surface area contributed by atoms with Gasteiger partial charge in [0.2, 0.25) is 0 Å². The van der Waals surface area contributed by atoms with E-state index in [2.05, 4.69) is 0 Å². The molecule has 0 radical (unpaired) electrons. The third-order valence-corrected chi connectivity index (χ3v) is 2.00. The molecule has 12 heavy (non-hydrogen) atoms. The largest absolute Gasteiger partial charge is 0.392 e. The van der Waals surface area contributed by atoms with E-state index in [1.54, 1.807) is 0 Å². The van der Waals surface area contributed by atoms with Crippen molar-refractivity contribution in [2.45, 2.75) is 13.2 Å². The molecule has 0 aromatic heterocycles. The first kappa shape index (κ1) is 9.45. The summed E-state index contributed by atoms with van der Waals surface area (Å²) in [6.07, 6.45) is 0. The molecule has 0 aliphatic carbocycles. The van der Waals surface area contributed by atoms with Crippen LogP contribution in [0.15, 0.2) is 12.1 Å². The van der Waals surface area contributed by atoms with Gasteiger partial charge in [-0.05, 0) is 6.07 Å². The molecule has 66 valence electrons. The van der Waals surface area contributed by atoms with Gasteiger partial charge in [0.25, 0.3) is 0 Å². The summed E-state index contributed by atoms with van der Waals surface area (Å²) in [6, 6.07) is 3.04. The van der Waals surface area contributed by atoms with Crippen molar-refractivity contribution in [2.75, 3.05) is 0 Å². The lowest BCUT2D eigenvalue weighted by atomic mass is 10.1. The van der Waals surface area contributed by atoms with Gasteiger partial charge in [0.05, 0.1) is 6.61 Å². The molecule has 0 saturated heterocycles. The highest BCUT2D eigenvalue weighted by atomic mass is 35.5. The maximum absolute atomic E-state index is 13.2. The normalized spacial score (nSPS) is 10.3. The molecule has 3 N–H and O–H groups in total. The van der Waals surface area contributed by atoms with Crippen LogP contribution in [0.3, 0.4) is 0 Å². The maximum atomic E-state index is 13.2. The summed E-state index contributed by atoms with van der Waals surface area (Å²) in [6.45, 7) is -0.297. The van der Waals surface area contributed by atoms with Gasteiger partial charge in [-0.25, -0.2) is 4.39 Å². The van der Waals surface area contributed by atoms with Crippen LogP contribution in [0, 0.1) is 5.82 Å². The highest BCUT2D eigenvalue weighted by molar-refractivity contribution is 6.31. The number of aliphatic hydroxyl groups excluding tert-OH is 1. The molecular formula is C8H9ClFNO. The predicted molar refractivity (Wildman–Crippen MR) is 45.2 cm³/mol. The summed E-state index contributed by atoms with van der Waals surface area (Å²) >= 11 is 5.62. The second-order valence-electron chi connectivity index (χ2n) is 2.36. The molecule has 0 spiro atoms. The van der Waals surface area contributed by atoms with Crippen molar-refractivity contribution >= 4 is 11.6 Å². The van der Waals surface area contributed by atoms with Crippen LogP contribution in [0.2, 0.25) is 5.02 Å². The summed E-state index contributed by atoms with van der Waals surface area (Å²) in [5.74, 6) is -0.507. The monoisotopic (exact) mass is 189 g/mol. The van der Waals surface area contributed by atoms with Gasteiger partial charge in [-0.3, -0.25) is 0 Å². The van der Waals surface area contributed by atoms with Crippen LogP contribution in [0.1, 0.15) is 11.1 Å². The van der Waals surface area contributed by atoms with Crippen molar-refractivity contribution in [1.82, 2.24) is 0 Å². The van der Waals surface area contributed by atoms with E-state index in [1.807, 2.05) is 0 Å². The molecule has 0 bridgehead atoms. The van der Waals surface area contributed by atoms with Crippen LogP contribution in [-0.4, -0.2) is 5.11 Å². The van der Waals surface area contributed by atoms with E-state index in [0.717, 1.165) is 0 Å². The highest BCUT2D eigenvalue weighted by Crippen LogP contribution is 2.21. The lowest BCUT2D eigenvalue weighted by Crippen LogP contribution is -2.03. The molecule has 0 atom stereocenters. The van der Waals surface area contributed by atoms with Crippen LogP contribution in [-0.2, 0) is 13.2 Å². The maximum Gasteiger partial charge on any atom is 0.134 e. The Kier molecular flexibility index (Phi) is 3.03. The number of aliphatic hydroxyl groups is 1. The standard InChI is InChI=1S/C8H9ClFNO/c9-7-2-1-5(3-11)8(10)6(7)4-12/h1-2,12H,3-4,11H2. The van der Waals surface area contributed by atoms with E-state index < -0.39 is 12.4 Å². The van der Waals surface area contributed by atoms with Crippen molar-refractivity contribution in [3.05, 3.63) is 34.1 Å². The van der Waals surface area contributed by atoms with Gasteiger partial charge in [0.15, 0.2) is 0 Å². The number of benzene rings is 1. The minimum Gasteiger partial charge on any atom is -0.392 e. The first-order valence-corrected chi connectivity index (χ1v) is 3.85. The lowest BCUT2D eigenvalue weighted by Gasteiger charge is -2.05. The Morgan fingerprint density at radius 2 is 2.17 bits per heavy atom. The molecule has 0 aliphatic heterocycles. The fraction of sp³-hybridized carbons (Fsp3) is 0.250. The average molecular weight is 190 g/mol. The Labute approximate surface area is 74.8 Å². The molecule has 4 heteroatoms. The smallest absolute Gasteiger partial charge is 0.134 e. The van der Waals surface area contributed by atoms with Crippen LogP contribution >= 0.6 is 11.6 Å². The zero-order valence-corrected chi connectivity index (χ0v) is 7.11. The molecule has 1 aromatic rings. The zero-order valence-electron chi connectivity index (χ0n) is 6.35. The molecule has 0 aliphatic rings. The van der Waals surface area contributed by atoms with Crippen LogP contribution in [0.5, 0.6) is 0 Å². The molecule has 0 saturated carbocycles. The molecule has 0 amide bonds. The quantitative estimate of drug-likeness (QED) is 0.740. The van der Waals surface area contributed by atoms with Crippen molar-refractivity contribution in [3.63, 3.8) is 0 Å². The molecule has 0 unspecified atom stereocenters. The number of hydrogen-bond acceptors (Lipinski definition) is 2. The first-order chi connectivity index (χ1) is 5.70. The van der Waals surface area contributed by atoms with E-state index in [4.69, 9.17) is 22.4 Å². The average Bonchev–Trinajstić information content (AvgIpc) is 2.06. The number of nitrogens with two attached hydrogens (primary N) is 1. The lowest BCUT2D eigenvalue weighted by molar-refractivity contribution is 0.275. The van der Waals surface area contributed by atoms with E-state index in [9.17, 15) is 4.39 Å². The molecule has 0 fully saturated rings. The minimum atomic E-state index is -0.507. The zero-order chi connectivity index (χ0) is 9.14. The van der Waals surface area contributed by atoms with Crippen molar-refractivity contribution < 1.29 is 9.50 Å². The molecule has 0 heterocycles. The molecule has 1 rings (SSSR count). The van der Waals surface area contributed by atoms with Gasteiger partial charge in [-0.15, -0.1) is 0 Å². The number of halogens is 2. The molecule has 2 nitrogen and oxygen atoms in total. The third kappa shape index (κ3) is 1.58. The second kappa shape index (κ2) is 3.85. The fourth-order valence-electron chi connectivity index (χ4n) is 0.949. The fourth-order valence-corrected chi connectivity index (χ4v) is 1.15. The summed E-state index contributed by atoms with van der Waals surface area (Å²) in [7, 11) is 0. The van der Waals surface area contributed by atoms with E-state index >= 15 is 0 Å². The van der Waals surface area contributed by atoms with Crippen molar-refractivity contribution in [2.24, 2.45) is 5.73 Å². The summed E-state index contributed by atoms with van der Waals surface area (Å²) in [4.78, 5) is 0. The first-order valence-electron chi connectivity index (χ1n) is 3.47. The van der Waals surface area contributed by atoms with Gasteiger partial charge >= 0.3 is 0 Å². The molecular weight excluding hydrogens is 181 g/mol. The highest BCUT2D eigenvalue weighted by Gasteiger charge is 2.09. The number of rotatable bonds is 2. The SMILES string of the molecule is NCc1ccc(Cl)c(CO)c1F. The van der Waals surface area contributed by atoms with Crippen molar-refractivity contribution in [3.8, 4) is 0 Å². The summed E-state index contributed by atoms with van der Waals surface area (Å²) < 4.78 is 13.2. The number of hydrogen-bond donors (Lipinski definition) is 2. The van der Waals surface area contributed by atoms with Gasteiger partial charge in [0, 0.05) is 22.7 Å². The van der Waals surface area contributed by atoms with Gasteiger partial charge in [-0.1, -0.05) is 17.7 Å². The van der Waals surface area contributed by atoms with Crippen molar-refractivity contribution in [1.29, 1.82) is 0 Å². The van der Waals surface area contributed by atoms with Gasteiger partial charge in [-0.2, -0.15) is 0 Å². The Bertz CT molecular complexity index is 291. The van der Waals surface area contributed by atoms with Gasteiger partial charge < -0.3 is 10.8 Å².